The third-order valence-corrected chi connectivity index (χ3v) is 2.41. The molecule has 1 fully saturated rings. The van der Waals surface area contributed by atoms with Gasteiger partial charge in [-0.3, -0.25) is 14.7 Å². The van der Waals surface area contributed by atoms with Crippen LogP contribution in [0.15, 0.2) is 6.07 Å². The predicted molar refractivity (Wildman–Crippen MR) is 55.3 cm³/mol. The van der Waals surface area contributed by atoms with Crippen molar-refractivity contribution in [3.8, 4) is 0 Å². The quantitative estimate of drug-likeness (QED) is 0.547. The Kier molecular flexibility index (Phi) is 2.77. The van der Waals surface area contributed by atoms with Crippen LogP contribution < -0.4 is 10.6 Å². The van der Waals surface area contributed by atoms with Crippen LogP contribution in [0.3, 0.4) is 0 Å². The van der Waals surface area contributed by atoms with Gasteiger partial charge < -0.3 is 15.7 Å². The summed E-state index contributed by atoms with van der Waals surface area (Å²) in [4.78, 5) is 33.1. The zero-order valence-electron chi connectivity index (χ0n) is 8.69. The molecule has 0 spiro atoms. The third-order valence-electron chi connectivity index (χ3n) is 2.41. The highest BCUT2D eigenvalue weighted by Gasteiger charge is 2.28. The first-order chi connectivity index (χ1) is 8.06. The van der Waals surface area contributed by atoms with Crippen LogP contribution in [0.5, 0.6) is 0 Å². The summed E-state index contributed by atoms with van der Waals surface area (Å²) in [6, 6.07) is 1.21. The van der Waals surface area contributed by atoms with Gasteiger partial charge in [0.25, 0.3) is 0 Å². The van der Waals surface area contributed by atoms with Crippen molar-refractivity contribution >= 4 is 23.6 Å². The number of hydrogen-bond acceptors (Lipinski definition) is 4. The SMILES string of the molecule is O=C1CC(C(=O)Nc2cc(C(=O)O)[nH]n2)CN1. The van der Waals surface area contributed by atoms with E-state index in [0.29, 0.717) is 6.54 Å². The number of hydrogen-bond donors (Lipinski definition) is 4. The normalized spacial score (nSPS) is 18.8. The van der Waals surface area contributed by atoms with Gasteiger partial charge >= 0.3 is 5.97 Å². The van der Waals surface area contributed by atoms with Crippen molar-refractivity contribution in [1.82, 2.24) is 15.5 Å². The first kappa shape index (κ1) is 11.1. The monoisotopic (exact) mass is 238 g/mol. The maximum Gasteiger partial charge on any atom is 0.353 e. The lowest BCUT2D eigenvalue weighted by Gasteiger charge is -2.05. The summed E-state index contributed by atoms with van der Waals surface area (Å²) < 4.78 is 0. The van der Waals surface area contributed by atoms with Crippen LogP contribution in [-0.4, -0.2) is 39.6 Å². The summed E-state index contributed by atoms with van der Waals surface area (Å²) in [7, 11) is 0. The molecule has 1 aliphatic rings. The van der Waals surface area contributed by atoms with E-state index in [-0.39, 0.29) is 29.7 Å². The van der Waals surface area contributed by atoms with Gasteiger partial charge in [-0.25, -0.2) is 4.79 Å². The lowest BCUT2D eigenvalue weighted by molar-refractivity contribution is -0.123. The van der Waals surface area contributed by atoms with Crippen molar-refractivity contribution in [2.75, 3.05) is 11.9 Å². The molecule has 2 heterocycles. The van der Waals surface area contributed by atoms with Crippen LogP contribution in [0, 0.1) is 5.92 Å². The lowest BCUT2D eigenvalue weighted by atomic mass is 10.1. The number of carboxylic acid groups (broad SMARTS) is 1. The van der Waals surface area contributed by atoms with Crippen molar-refractivity contribution < 1.29 is 19.5 Å². The highest BCUT2D eigenvalue weighted by atomic mass is 16.4. The number of aromatic nitrogens is 2. The van der Waals surface area contributed by atoms with E-state index in [4.69, 9.17) is 5.11 Å². The second-order valence-corrected chi connectivity index (χ2v) is 3.67. The molecular weight excluding hydrogens is 228 g/mol. The first-order valence-corrected chi connectivity index (χ1v) is 4.92. The number of H-pyrrole nitrogens is 1. The van der Waals surface area contributed by atoms with Crippen LogP contribution in [0.25, 0.3) is 0 Å². The van der Waals surface area contributed by atoms with Gasteiger partial charge in [-0.1, -0.05) is 0 Å². The molecule has 1 unspecified atom stereocenters. The number of carbonyl (C=O) groups is 3. The smallest absolute Gasteiger partial charge is 0.353 e. The molecule has 0 aromatic carbocycles. The van der Waals surface area contributed by atoms with Gasteiger partial charge in [0, 0.05) is 19.0 Å². The second-order valence-electron chi connectivity index (χ2n) is 3.67. The van der Waals surface area contributed by atoms with Crippen LogP contribution >= 0.6 is 0 Å². The largest absolute Gasteiger partial charge is 0.477 e. The molecule has 1 aliphatic heterocycles. The van der Waals surface area contributed by atoms with Gasteiger partial charge in [0.15, 0.2) is 5.82 Å². The Morgan fingerprint density at radius 2 is 2.29 bits per heavy atom. The molecule has 8 heteroatoms. The number of carbonyl (C=O) groups excluding carboxylic acids is 2. The number of rotatable bonds is 3. The Balaban J connectivity index is 1.98. The summed E-state index contributed by atoms with van der Waals surface area (Å²) >= 11 is 0. The number of amides is 2. The Bertz CT molecular complexity index is 481. The van der Waals surface area contributed by atoms with Gasteiger partial charge in [-0.05, 0) is 0 Å². The van der Waals surface area contributed by atoms with Crippen molar-refractivity contribution in [2.45, 2.75) is 6.42 Å². The second kappa shape index (κ2) is 4.24. The van der Waals surface area contributed by atoms with E-state index in [1.165, 1.54) is 6.07 Å². The summed E-state index contributed by atoms with van der Waals surface area (Å²) in [6.45, 7) is 0.293. The minimum absolute atomic E-state index is 0.110. The van der Waals surface area contributed by atoms with Crippen LogP contribution in [0.1, 0.15) is 16.9 Å². The fourth-order valence-electron chi connectivity index (χ4n) is 1.51. The van der Waals surface area contributed by atoms with E-state index in [1.807, 2.05) is 0 Å². The molecule has 1 aromatic heterocycles. The molecule has 2 amide bonds. The molecule has 0 aliphatic carbocycles. The number of aromatic amines is 1. The van der Waals surface area contributed by atoms with Crippen LogP contribution in [0.4, 0.5) is 5.82 Å². The summed E-state index contributed by atoms with van der Waals surface area (Å²) in [6.07, 6.45) is 0.141. The van der Waals surface area contributed by atoms with Crippen LogP contribution in [-0.2, 0) is 9.59 Å². The Hall–Kier alpha value is -2.38. The van der Waals surface area contributed by atoms with Gasteiger partial charge in [0.2, 0.25) is 11.8 Å². The number of nitrogens with zero attached hydrogens (tertiary/aromatic N) is 1. The number of nitrogens with one attached hydrogen (secondary N) is 3. The van der Waals surface area contributed by atoms with Crippen molar-refractivity contribution in [3.05, 3.63) is 11.8 Å². The molecular formula is C9H10N4O4. The topological polar surface area (TPSA) is 124 Å². The minimum Gasteiger partial charge on any atom is -0.477 e. The average molecular weight is 238 g/mol. The number of carboxylic acids is 1. The van der Waals surface area contributed by atoms with Crippen molar-refractivity contribution in [1.29, 1.82) is 0 Å². The Morgan fingerprint density at radius 3 is 2.82 bits per heavy atom. The molecule has 4 N–H and O–H groups in total. The van der Waals surface area contributed by atoms with Gasteiger partial charge in [-0.2, -0.15) is 5.10 Å². The summed E-state index contributed by atoms with van der Waals surface area (Å²) in [5, 5.41) is 19.5. The predicted octanol–water partition coefficient (Wildman–Crippen LogP) is -0.817. The van der Waals surface area contributed by atoms with Gasteiger partial charge in [0.05, 0.1) is 5.92 Å². The van der Waals surface area contributed by atoms with Crippen molar-refractivity contribution in [2.24, 2.45) is 5.92 Å². The van der Waals surface area contributed by atoms with Crippen LogP contribution in [0.2, 0.25) is 0 Å². The van der Waals surface area contributed by atoms with E-state index < -0.39 is 11.9 Å². The minimum atomic E-state index is -1.16. The molecule has 1 aromatic rings. The standard InChI is InChI=1S/C9H10N4O4/c14-7-1-4(3-10-7)8(15)11-6-2-5(9(16)17)12-13-6/h2,4H,1,3H2,(H,10,14)(H,16,17)(H2,11,12,13,15). The molecule has 1 saturated heterocycles. The number of anilines is 1. The van der Waals surface area contributed by atoms with Crippen molar-refractivity contribution in [3.63, 3.8) is 0 Å². The van der Waals surface area contributed by atoms with E-state index in [1.54, 1.807) is 0 Å². The molecule has 2 rings (SSSR count). The molecule has 90 valence electrons. The van der Waals surface area contributed by atoms with E-state index >= 15 is 0 Å². The maximum absolute atomic E-state index is 11.6. The molecule has 17 heavy (non-hydrogen) atoms. The highest BCUT2D eigenvalue weighted by molar-refractivity contribution is 5.97. The van der Waals surface area contributed by atoms with Gasteiger partial charge in [-0.15, -0.1) is 0 Å². The third kappa shape index (κ3) is 2.41. The molecule has 8 nitrogen and oxygen atoms in total. The Labute approximate surface area is 95.4 Å². The zero-order valence-corrected chi connectivity index (χ0v) is 8.69. The zero-order chi connectivity index (χ0) is 12.4. The fourth-order valence-corrected chi connectivity index (χ4v) is 1.51. The van der Waals surface area contributed by atoms with Gasteiger partial charge in [0.1, 0.15) is 5.69 Å². The Morgan fingerprint density at radius 1 is 1.53 bits per heavy atom. The molecule has 0 saturated carbocycles. The average Bonchev–Trinajstić information content (AvgIpc) is 2.86. The fraction of sp³-hybridized carbons (Fsp3) is 0.333. The summed E-state index contributed by atoms with van der Waals surface area (Å²) in [5.74, 6) is -1.99. The van der Waals surface area contributed by atoms with E-state index in [2.05, 4.69) is 20.8 Å². The number of aromatic carboxylic acids is 1. The molecule has 0 bridgehead atoms. The maximum atomic E-state index is 11.6. The lowest BCUT2D eigenvalue weighted by Crippen LogP contribution is -2.24. The summed E-state index contributed by atoms with van der Waals surface area (Å²) in [5.41, 5.74) is -0.110. The first-order valence-electron chi connectivity index (χ1n) is 4.92. The van der Waals surface area contributed by atoms with E-state index in [9.17, 15) is 14.4 Å². The van der Waals surface area contributed by atoms with E-state index in [0.717, 1.165) is 0 Å². The highest BCUT2D eigenvalue weighted by Crippen LogP contribution is 2.12. The molecule has 1 atom stereocenters. The molecule has 0 radical (unpaired) electrons.